The molecule has 2 aromatic rings. The van der Waals surface area contributed by atoms with Gasteiger partial charge >= 0.3 is 0 Å². The number of nitrogens with one attached hydrogen (secondary N) is 1. The summed E-state index contributed by atoms with van der Waals surface area (Å²) < 4.78 is 50.4. The second kappa shape index (κ2) is 7.41. The molecular formula is C16H12F2NO4S-. The van der Waals surface area contributed by atoms with E-state index in [2.05, 4.69) is 4.72 Å². The predicted molar refractivity (Wildman–Crippen MR) is 83.4 cm³/mol. The Kier molecular flexibility index (Phi) is 5.53. The molecule has 0 fully saturated rings. The summed E-state index contributed by atoms with van der Waals surface area (Å²) >= 11 is -2.63. The summed E-state index contributed by atoms with van der Waals surface area (Å²) in [6, 6.07) is 6.66. The van der Waals surface area contributed by atoms with Gasteiger partial charge < -0.3 is 9.27 Å². The number of carbonyl (C=O) groups excluding carboxylic acids is 2. The van der Waals surface area contributed by atoms with Gasteiger partial charge in [-0.2, -0.15) is 0 Å². The minimum Gasteiger partial charge on any atom is -0.755 e. The normalized spacial score (nSPS) is 11.8. The monoisotopic (exact) mass is 352 g/mol. The summed E-state index contributed by atoms with van der Waals surface area (Å²) in [6.07, 6.45) is -0.358. The molecule has 0 saturated carbocycles. The Morgan fingerprint density at radius 2 is 1.88 bits per heavy atom. The molecule has 0 saturated heterocycles. The summed E-state index contributed by atoms with van der Waals surface area (Å²) in [5, 5.41) is 0. The third kappa shape index (κ3) is 4.30. The standard InChI is InChI=1S/C16H13F2NO4S/c1-9(20)10-2-5-15(19-24(22)23)11(6-10)7-16(21)13-4-3-12(17)8-14(13)18/h2-6,8,19H,7H2,1H3,(H,22,23)/p-1. The van der Waals surface area contributed by atoms with E-state index in [4.69, 9.17) is 0 Å². The van der Waals surface area contributed by atoms with E-state index >= 15 is 0 Å². The molecule has 0 aliphatic rings. The van der Waals surface area contributed by atoms with Crippen molar-refractivity contribution in [2.45, 2.75) is 13.3 Å². The lowest BCUT2D eigenvalue weighted by Gasteiger charge is -2.14. The van der Waals surface area contributed by atoms with Crippen molar-refractivity contribution in [1.29, 1.82) is 0 Å². The van der Waals surface area contributed by atoms with E-state index in [1.807, 2.05) is 0 Å². The van der Waals surface area contributed by atoms with Crippen molar-refractivity contribution in [3.05, 3.63) is 64.7 Å². The minimum absolute atomic E-state index is 0.101. The third-order valence-corrected chi connectivity index (χ3v) is 3.67. The molecule has 0 amide bonds. The number of hydrogen-bond donors (Lipinski definition) is 1. The van der Waals surface area contributed by atoms with Gasteiger partial charge in [-0.25, -0.2) is 8.78 Å². The molecule has 2 rings (SSSR count). The van der Waals surface area contributed by atoms with Gasteiger partial charge in [0.05, 0.1) is 5.56 Å². The van der Waals surface area contributed by atoms with Crippen LogP contribution in [0.15, 0.2) is 36.4 Å². The molecule has 5 nitrogen and oxygen atoms in total. The third-order valence-electron chi connectivity index (χ3n) is 3.29. The summed E-state index contributed by atoms with van der Waals surface area (Å²) in [6.45, 7) is 1.32. The van der Waals surface area contributed by atoms with Gasteiger partial charge in [-0.05, 0) is 42.8 Å². The van der Waals surface area contributed by atoms with Crippen LogP contribution in [-0.4, -0.2) is 20.3 Å². The van der Waals surface area contributed by atoms with Crippen molar-refractivity contribution in [2.24, 2.45) is 0 Å². The van der Waals surface area contributed by atoms with Crippen LogP contribution in [0.3, 0.4) is 0 Å². The van der Waals surface area contributed by atoms with Crippen LogP contribution in [0.4, 0.5) is 14.5 Å². The van der Waals surface area contributed by atoms with E-state index in [0.717, 1.165) is 12.1 Å². The molecule has 2 aromatic carbocycles. The molecule has 1 N–H and O–H groups in total. The Bertz CT molecular complexity index is 839. The number of anilines is 1. The first-order valence-corrected chi connectivity index (χ1v) is 7.83. The number of halogens is 2. The average molecular weight is 352 g/mol. The fourth-order valence-corrected chi connectivity index (χ4v) is 2.51. The highest BCUT2D eigenvalue weighted by Crippen LogP contribution is 2.22. The molecule has 0 aliphatic carbocycles. The molecule has 24 heavy (non-hydrogen) atoms. The first-order valence-electron chi connectivity index (χ1n) is 6.76. The lowest BCUT2D eigenvalue weighted by molar-refractivity contribution is 0.0984. The summed E-state index contributed by atoms with van der Waals surface area (Å²) in [5.74, 6) is -2.77. The Morgan fingerprint density at radius 3 is 2.46 bits per heavy atom. The van der Waals surface area contributed by atoms with Crippen molar-refractivity contribution < 1.29 is 27.1 Å². The minimum atomic E-state index is -2.63. The quantitative estimate of drug-likeness (QED) is 0.640. The lowest BCUT2D eigenvalue weighted by Crippen LogP contribution is -2.11. The van der Waals surface area contributed by atoms with E-state index in [0.29, 0.717) is 6.07 Å². The first-order chi connectivity index (χ1) is 11.3. The summed E-state index contributed by atoms with van der Waals surface area (Å²) in [5.41, 5.74) is 0.267. The maximum absolute atomic E-state index is 13.7. The van der Waals surface area contributed by atoms with E-state index in [1.165, 1.54) is 25.1 Å². The predicted octanol–water partition coefficient (Wildman–Crippen LogP) is 2.80. The SMILES string of the molecule is CC(=O)c1ccc(NS(=O)[O-])c(CC(=O)c2ccc(F)cc2F)c1. The zero-order valence-corrected chi connectivity index (χ0v) is 13.3. The summed E-state index contributed by atoms with van der Waals surface area (Å²) in [4.78, 5) is 23.7. The fraction of sp³-hybridized carbons (Fsp3) is 0.125. The van der Waals surface area contributed by atoms with Crippen LogP contribution in [-0.2, 0) is 17.7 Å². The average Bonchev–Trinajstić information content (AvgIpc) is 2.48. The number of ketones is 2. The van der Waals surface area contributed by atoms with Crippen molar-refractivity contribution in [3.8, 4) is 0 Å². The van der Waals surface area contributed by atoms with Gasteiger partial charge in [-0.15, -0.1) is 0 Å². The van der Waals surface area contributed by atoms with Crippen LogP contribution in [0.5, 0.6) is 0 Å². The molecule has 0 bridgehead atoms. The van der Waals surface area contributed by atoms with E-state index < -0.39 is 28.7 Å². The highest BCUT2D eigenvalue weighted by molar-refractivity contribution is 7.80. The van der Waals surface area contributed by atoms with Crippen LogP contribution >= 0.6 is 0 Å². The topological polar surface area (TPSA) is 86.3 Å². The van der Waals surface area contributed by atoms with Gasteiger partial charge in [0.15, 0.2) is 11.6 Å². The largest absolute Gasteiger partial charge is 0.755 e. The zero-order valence-electron chi connectivity index (χ0n) is 12.5. The van der Waals surface area contributed by atoms with Crippen molar-refractivity contribution in [1.82, 2.24) is 0 Å². The fourth-order valence-electron chi connectivity index (χ4n) is 2.13. The molecule has 1 atom stereocenters. The van der Waals surface area contributed by atoms with Crippen LogP contribution in [0.25, 0.3) is 0 Å². The molecule has 0 heterocycles. The smallest absolute Gasteiger partial charge is 0.170 e. The molecule has 8 heteroatoms. The molecule has 0 aromatic heterocycles. The second-order valence-corrected chi connectivity index (χ2v) is 5.66. The Morgan fingerprint density at radius 1 is 1.17 bits per heavy atom. The van der Waals surface area contributed by atoms with Crippen molar-refractivity contribution >= 4 is 28.5 Å². The highest BCUT2D eigenvalue weighted by atomic mass is 32.2. The van der Waals surface area contributed by atoms with E-state index in [1.54, 1.807) is 0 Å². The van der Waals surface area contributed by atoms with Gasteiger partial charge in [-0.1, -0.05) is 0 Å². The van der Waals surface area contributed by atoms with Crippen LogP contribution in [0, 0.1) is 11.6 Å². The molecule has 0 aliphatic heterocycles. The van der Waals surface area contributed by atoms with Crippen molar-refractivity contribution in [3.63, 3.8) is 0 Å². The van der Waals surface area contributed by atoms with Gasteiger partial charge in [0.1, 0.15) is 11.6 Å². The van der Waals surface area contributed by atoms with Crippen LogP contribution in [0.1, 0.15) is 33.2 Å². The molecule has 0 spiro atoms. The van der Waals surface area contributed by atoms with Crippen LogP contribution in [0.2, 0.25) is 0 Å². The summed E-state index contributed by atoms with van der Waals surface area (Å²) in [7, 11) is 0. The van der Waals surface area contributed by atoms with Gasteiger partial charge in [0.2, 0.25) is 0 Å². The van der Waals surface area contributed by atoms with E-state index in [9.17, 15) is 27.1 Å². The van der Waals surface area contributed by atoms with Gasteiger partial charge in [0, 0.05) is 35.0 Å². The maximum Gasteiger partial charge on any atom is 0.170 e. The number of hydrogen-bond acceptors (Lipinski definition) is 4. The second-order valence-electron chi connectivity index (χ2n) is 4.99. The molecular weight excluding hydrogens is 340 g/mol. The molecule has 126 valence electrons. The number of carbonyl (C=O) groups is 2. The van der Waals surface area contributed by atoms with Gasteiger partial charge in [0.25, 0.3) is 0 Å². The Labute approximate surface area is 139 Å². The molecule has 0 radical (unpaired) electrons. The van der Waals surface area contributed by atoms with Crippen molar-refractivity contribution in [2.75, 3.05) is 4.72 Å². The number of Topliss-reactive ketones (excluding diaryl/α,β-unsaturated/α-hetero) is 2. The zero-order chi connectivity index (χ0) is 17.9. The first kappa shape index (κ1) is 17.9. The Balaban J connectivity index is 2.38. The van der Waals surface area contributed by atoms with E-state index in [-0.39, 0.29) is 34.6 Å². The maximum atomic E-state index is 13.7. The van der Waals surface area contributed by atoms with Crippen LogP contribution < -0.4 is 4.72 Å². The lowest BCUT2D eigenvalue weighted by atomic mass is 9.98. The number of rotatable bonds is 6. The number of benzene rings is 2. The van der Waals surface area contributed by atoms with Gasteiger partial charge in [-0.3, -0.25) is 13.8 Å². The molecule has 1 unspecified atom stereocenters. The Hall–Kier alpha value is -2.45. The highest BCUT2D eigenvalue weighted by Gasteiger charge is 2.16.